The molecule has 0 radical (unpaired) electrons. The minimum atomic E-state index is -3.82. The van der Waals surface area contributed by atoms with Gasteiger partial charge in [0.15, 0.2) is 17.1 Å². The Bertz CT molecular complexity index is 1200. The number of aromatic nitrogens is 1. The maximum atomic E-state index is 11.7. The predicted molar refractivity (Wildman–Crippen MR) is 126 cm³/mol. The largest absolute Gasteiger partial charge is 0.493 e. The molecular weight excluding hydrogens is 444 g/mol. The molecule has 0 atom stereocenters. The third-order valence-electron chi connectivity index (χ3n) is 5.71. The second kappa shape index (κ2) is 9.98. The lowest BCUT2D eigenvalue weighted by atomic mass is 10.0. The molecule has 0 aliphatic carbocycles. The Balaban J connectivity index is 1.69. The predicted octanol–water partition coefficient (Wildman–Crippen LogP) is 3.03. The number of methoxy groups -OCH3 is 1. The zero-order chi connectivity index (χ0) is 23.4. The van der Waals surface area contributed by atoms with Crippen LogP contribution in [0.4, 0.5) is 6.01 Å². The maximum Gasteiger partial charge on any atom is 0.298 e. The molecule has 9 nitrogen and oxygen atoms in total. The van der Waals surface area contributed by atoms with Gasteiger partial charge in [-0.15, -0.1) is 0 Å². The summed E-state index contributed by atoms with van der Waals surface area (Å²) in [6, 6.07) is 11.1. The number of hydrogen-bond acceptors (Lipinski definition) is 8. The fourth-order valence-electron chi connectivity index (χ4n) is 4.01. The highest BCUT2D eigenvalue weighted by Crippen LogP contribution is 2.32. The normalized spacial score (nSPS) is 15.0. The van der Waals surface area contributed by atoms with Crippen molar-refractivity contribution in [3.63, 3.8) is 0 Å². The van der Waals surface area contributed by atoms with E-state index in [-0.39, 0.29) is 10.9 Å². The van der Waals surface area contributed by atoms with Crippen LogP contribution in [0, 0.1) is 0 Å². The fraction of sp³-hybridized carbons (Fsp3) is 0.435. The van der Waals surface area contributed by atoms with Gasteiger partial charge in [-0.05, 0) is 68.2 Å². The molecule has 3 N–H and O–H groups in total. The second-order valence-electron chi connectivity index (χ2n) is 8.11. The van der Waals surface area contributed by atoms with E-state index >= 15 is 0 Å². The van der Waals surface area contributed by atoms with Crippen molar-refractivity contribution in [2.24, 2.45) is 5.14 Å². The summed E-state index contributed by atoms with van der Waals surface area (Å²) in [5.41, 5.74) is 2.00. The molecule has 1 aliphatic rings. The highest BCUT2D eigenvalue weighted by Gasteiger charge is 2.26. The van der Waals surface area contributed by atoms with Gasteiger partial charge in [0.2, 0.25) is 10.0 Å². The lowest BCUT2D eigenvalue weighted by molar-refractivity contribution is 0.294. The fourth-order valence-corrected chi connectivity index (χ4v) is 4.54. The first-order valence-corrected chi connectivity index (χ1v) is 12.6. The van der Waals surface area contributed by atoms with E-state index in [9.17, 15) is 8.42 Å². The summed E-state index contributed by atoms with van der Waals surface area (Å²) in [5.74, 6) is 1.40. The van der Waals surface area contributed by atoms with E-state index in [4.69, 9.17) is 19.0 Å². The first kappa shape index (κ1) is 23.3. The average molecular weight is 475 g/mol. The molecule has 1 fully saturated rings. The van der Waals surface area contributed by atoms with Crippen LogP contribution in [-0.4, -0.2) is 46.2 Å². The van der Waals surface area contributed by atoms with Crippen LogP contribution in [0.3, 0.4) is 0 Å². The van der Waals surface area contributed by atoms with Crippen LogP contribution in [0.5, 0.6) is 11.5 Å². The highest BCUT2D eigenvalue weighted by atomic mass is 32.2. The molecule has 1 aliphatic heterocycles. The van der Waals surface area contributed by atoms with Gasteiger partial charge in [-0.3, -0.25) is 0 Å². The molecule has 1 aromatic heterocycles. The summed E-state index contributed by atoms with van der Waals surface area (Å²) in [5, 5.41) is 8.67. The Morgan fingerprint density at radius 3 is 2.67 bits per heavy atom. The van der Waals surface area contributed by atoms with Gasteiger partial charge < -0.3 is 24.1 Å². The van der Waals surface area contributed by atoms with Crippen molar-refractivity contribution >= 4 is 27.1 Å². The van der Waals surface area contributed by atoms with E-state index in [0.29, 0.717) is 41.8 Å². The number of fused-ring (bicyclic) bond motifs is 1. The standard InChI is InChI=1S/C23H30N4O5S/c1-3-12-31-22-13-16(4-6-21(22)30-2)15-27(17-8-10-25-11-9-17)23-26-19-14-18(33(24,28)29)5-7-20(19)32-23/h4-7,13-14,17,25H,3,8-12,15H2,1-2H3,(H2,24,28,29). The van der Waals surface area contributed by atoms with Gasteiger partial charge in [0, 0.05) is 12.6 Å². The number of piperidine rings is 1. The summed E-state index contributed by atoms with van der Waals surface area (Å²) >= 11 is 0. The molecule has 0 amide bonds. The summed E-state index contributed by atoms with van der Waals surface area (Å²) < 4.78 is 40.9. The number of ether oxygens (including phenoxy) is 2. The minimum absolute atomic E-state index is 0.0103. The van der Waals surface area contributed by atoms with Crippen molar-refractivity contribution in [3.8, 4) is 11.5 Å². The molecule has 2 heterocycles. The molecule has 2 aromatic carbocycles. The highest BCUT2D eigenvalue weighted by molar-refractivity contribution is 7.89. The molecule has 0 unspecified atom stereocenters. The van der Waals surface area contributed by atoms with Gasteiger partial charge in [-0.1, -0.05) is 13.0 Å². The van der Waals surface area contributed by atoms with Gasteiger partial charge >= 0.3 is 0 Å². The van der Waals surface area contributed by atoms with E-state index in [1.165, 1.54) is 12.1 Å². The third-order valence-corrected chi connectivity index (χ3v) is 6.63. The number of anilines is 1. The summed E-state index contributed by atoms with van der Waals surface area (Å²) in [6.07, 6.45) is 2.78. The first-order valence-electron chi connectivity index (χ1n) is 11.1. The zero-order valence-corrected chi connectivity index (χ0v) is 19.7. The first-order chi connectivity index (χ1) is 15.9. The number of nitrogens with two attached hydrogens (primary N) is 1. The van der Waals surface area contributed by atoms with Crippen LogP contribution in [0.1, 0.15) is 31.7 Å². The van der Waals surface area contributed by atoms with Crippen LogP contribution in [0.15, 0.2) is 45.7 Å². The molecule has 0 bridgehead atoms. The number of benzene rings is 2. The van der Waals surface area contributed by atoms with E-state index in [0.717, 1.165) is 37.9 Å². The molecular formula is C23H30N4O5S. The van der Waals surface area contributed by atoms with Gasteiger partial charge in [0.05, 0.1) is 18.6 Å². The number of rotatable bonds is 9. The molecule has 3 aromatic rings. The second-order valence-corrected chi connectivity index (χ2v) is 9.68. The van der Waals surface area contributed by atoms with Crippen LogP contribution in [0.2, 0.25) is 0 Å². The number of sulfonamides is 1. The molecule has 0 saturated carbocycles. The Labute approximate surface area is 193 Å². The number of oxazole rings is 1. The lowest BCUT2D eigenvalue weighted by Gasteiger charge is -2.33. The van der Waals surface area contributed by atoms with E-state index in [2.05, 4.69) is 22.1 Å². The van der Waals surface area contributed by atoms with Gasteiger partial charge in [0.25, 0.3) is 6.01 Å². The molecule has 178 valence electrons. The van der Waals surface area contributed by atoms with Crippen LogP contribution >= 0.6 is 0 Å². The number of primary sulfonamides is 1. The third kappa shape index (κ3) is 5.40. The van der Waals surface area contributed by atoms with E-state index in [1.807, 2.05) is 18.2 Å². The van der Waals surface area contributed by atoms with Crippen molar-refractivity contribution in [1.29, 1.82) is 0 Å². The topological polar surface area (TPSA) is 120 Å². The average Bonchev–Trinajstić information content (AvgIpc) is 3.24. The van der Waals surface area contributed by atoms with Gasteiger partial charge in [-0.25, -0.2) is 13.6 Å². The van der Waals surface area contributed by atoms with E-state index < -0.39 is 10.0 Å². The van der Waals surface area contributed by atoms with Crippen molar-refractivity contribution in [3.05, 3.63) is 42.0 Å². The quantitative estimate of drug-likeness (QED) is 0.486. The number of hydrogen-bond donors (Lipinski definition) is 2. The van der Waals surface area contributed by atoms with Crippen molar-refractivity contribution in [2.75, 3.05) is 31.7 Å². The molecule has 0 spiro atoms. The molecule has 33 heavy (non-hydrogen) atoms. The summed E-state index contributed by atoms with van der Waals surface area (Å²) in [6.45, 7) is 5.04. The zero-order valence-electron chi connectivity index (χ0n) is 18.9. The van der Waals surface area contributed by atoms with Gasteiger partial charge in [0.1, 0.15) is 5.52 Å². The van der Waals surface area contributed by atoms with E-state index in [1.54, 1.807) is 13.2 Å². The van der Waals surface area contributed by atoms with Crippen LogP contribution < -0.4 is 24.8 Å². The SMILES string of the molecule is CCCOc1cc(CN(c2nc3cc(S(N)(=O)=O)ccc3o2)C2CCNCC2)ccc1OC. The number of nitrogens with zero attached hydrogens (tertiary/aromatic N) is 2. The van der Waals surface area contributed by atoms with Crippen molar-refractivity contribution in [1.82, 2.24) is 10.3 Å². The van der Waals surface area contributed by atoms with Crippen LogP contribution in [0.25, 0.3) is 11.1 Å². The van der Waals surface area contributed by atoms with Gasteiger partial charge in [-0.2, -0.15) is 4.98 Å². The summed E-state index contributed by atoms with van der Waals surface area (Å²) in [4.78, 5) is 6.78. The monoisotopic (exact) mass is 474 g/mol. The number of nitrogens with one attached hydrogen (secondary N) is 1. The Morgan fingerprint density at radius 2 is 1.97 bits per heavy atom. The molecule has 1 saturated heterocycles. The van der Waals surface area contributed by atoms with Crippen molar-refractivity contribution < 1.29 is 22.3 Å². The van der Waals surface area contributed by atoms with Crippen molar-refractivity contribution in [2.45, 2.75) is 43.7 Å². The summed E-state index contributed by atoms with van der Waals surface area (Å²) in [7, 11) is -2.19. The molecule has 10 heteroatoms. The Kier molecular flexibility index (Phi) is 7.06. The lowest BCUT2D eigenvalue weighted by Crippen LogP contribution is -2.43. The van der Waals surface area contributed by atoms with Crippen LogP contribution in [-0.2, 0) is 16.6 Å². The Morgan fingerprint density at radius 1 is 1.18 bits per heavy atom. The molecule has 4 rings (SSSR count). The smallest absolute Gasteiger partial charge is 0.298 e. The maximum absolute atomic E-state index is 11.7. The Hall–Kier alpha value is -2.82. The minimum Gasteiger partial charge on any atom is -0.493 e.